The number of nitrogens with one attached hydrogen (secondary N) is 1. The number of allylic oxidation sites excluding steroid dienone is 1. The number of aryl methyl sites for hydroxylation is 1. The topological polar surface area (TPSA) is 63.2 Å². The number of hydrogen-bond acceptors (Lipinski definition) is 4. The van der Waals surface area contributed by atoms with Crippen LogP contribution in [-0.4, -0.2) is 26.1 Å². The normalized spacial score (nSPS) is 26.1. The Morgan fingerprint density at radius 2 is 1.81 bits per heavy atom. The molecule has 1 heterocycles. The average Bonchev–Trinajstić information content (AvgIpc) is 2.74. The SMILES string of the molecule is CC1=C2C(S(=O)(=O)c3ccc(C)cc3)NCC[C@@H]2CC1=O. The molecule has 112 valence electrons. The van der Waals surface area contributed by atoms with Crippen LogP contribution in [0.4, 0.5) is 0 Å². The highest BCUT2D eigenvalue weighted by molar-refractivity contribution is 7.92. The summed E-state index contributed by atoms with van der Waals surface area (Å²) in [5.41, 5.74) is 2.44. The van der Waals surface area contributed by atoms with Gasteiger partial charge in [0.1, 0.15) is 5.37 Å². The smallest absolute Gasteiger partial charge is 0.198 e. The van der Waals surface area contributed by atoms with Gasteiger partial charge in [-0.2, -0.15) is 0 Å². The highest BCUT2D eigenvalue weighted by Crippen LogP contribution is 2.39. The van der Waals surface area contributed by atoms with Crippen LogP contribution >= 0.6 is 0 Å². The van der Waals surface area contributed by atoms with Crippen LogP contribution in [0.15, 0.2) is 40.3 Å². The lowest BCUT2D eigenvalue weighted by molar-refractivity contribution is -0.115. The molecule has 0 spiro atoms. The molecule has 0 amide bonds. The quantitative estimate of drug-likeness (QED) is 0.907. The van der Waals surface area contributed by atoms with Crippen molar-refractivity contribution in [1.82, 2.24) is 5.32 Å². The van der Waals surface area contributed by atoms with Crippen molar-refractivity contribution < 1.29 is 13.2 Å². The molecule has 3 rings (SSSR count). The number of hydrogen-bond donors (Lipinski definition) is 1. The first-order valence-corrected chi connectivity index (χ1v) is 8.73. The van der Waals surface area contributed by atoms with Crippen LogP contribution in [-0.2, 0) is 14.6 Å². The maximum Gasteiger partial charge on any atom is 0.198 e. The summed E-state index contributed by atoms with van der Waals surface area (Å²) in [7, 11) is -3.51. The van der Waals surface area contributed by atoms with E-state index in [2.05, 4.69) is 5.32 Å². The predicted molar refractivity (Wildman–Crippen MR) is 80.6 cm³/mol. The second kappa shape index (κ2) is 5.07. The van der Waals surface area contributed by atoms with Crippen molar-refractivity contribution >= 4 is 15.6 Å². The second-order valence-corrected chi connectivity index (χ2v) is 7.92. The molecule has 0 bridgehead atoms. The summed E-state index contributed by atoms with van der Waals surface area (Å²) in [5.74, 6) is 0.173. The maximum atomic E-state index is 12.9. The van der Waals surface area contributed by atoms with Gasteiger partial charge in [0.15, 0.2) is 15.6 Å². The van der Waals surface area contributed by atoms with Crippen LogP contribution in [0.25, 0.3) is 0 Å². The number of piperidine rings is 1. The van der Waals surface area contributed by atoms with Gasteiger partial charge in [0, 0.05) is 6.42 Å². The first-order chi connectivity index (χ1) is 9.91. The number of benzene rings is 1. The van der Waals surface area contributed by atoms with Gasteiger partial charge in [-0.1, -0.05) is 17.7 Å². The third kappa shape index (κ3) is 2.34. The monoisotopic (exact) mass is 305 g/mol. The summed E-state index contributed by atoms with van der Waals surface area (Å²) in [6.45, 7) is 4.31. The third-order valence-corrected chi connectivity index (χ3v) is 6.46. The van der Waals surface area contributed by atoms with Gasteiger partial charge < -0.3 is 0 Å². The fraction of sp³-hybridized carbons (Fsp3) is 0.438. The maximum absolute atomic E-state index is 12.9. The zero-order chi connectivity index (χ0) is 15.2. The van der Waals surface area contributed by atoms with E-state index < -0.39 is 15.2 Å². The number of rotatable bonds is 2. The number of fused-ring (bicyclic) bond motifs is 1. The minimum atomic E-state index is -3.51. The van der Waals surface area contributed by atoms with Crippen molar-refractivity contribution in [2.45, 2.75) is 37.0 Å². The highest BCUT2D eigenvalue weighted by atomic mass is 32.2. The van der Waals surface area contributed by atoms with Gasteiger partial charge in [-0.05, 0) is 56.0 Å². The molecule has 1 aromatic rings. The lowest BCUT2D eigenvalue weighted by Crippen LogP contribution is -2.44. The van der Waals surface area contributed by atoms with Crippen LogP contribution in [0.1, 0.15) is 25.3 Å². The van der Waals surface area contributed by atoms with Crippen molar-refractivity contribution in [2.75, 3.05) is 6.54 Å². The Morgan fingerprint density at radius 1 is 1.14 bits per heavy atom. The fourth-order valence-corrected chi connectivity index (χ4v) is 5.09. The Kier molecular flexibility index (Phi) is 3.50. The molecule has 1 aliphatic heterocycles. The summed E-state index contributed by atoms with van der Waals surface area (Å²) in [6.07, 6.45) is 1.29. The molecule has 1 aliphatic carbocycles. The summed E-state index contributed by atoms with van der Waals surface area (Å²) in [6, 6.07) is 6.88. The Morgan fingerprint density at radius 3 is 2.48 bits per heavy atom. The molecule has 4 nitrogen and oxygen atoms in total. The Bertz CT molecular complexity index is 716. The first kappa shape index (κ1) is 14.5. The molecule has 0 saturated carbocycles. The standard InChI is InChI=1S/C16H19NO3S/c1-10-3-5-13(6-4-10)21(19,20)16-15-11(2)14(18)9-12(15)7-8-17-16/h3-6,12,16-17H,7-9H2,1-2H3/t12-,16?/m1/s1. The van der Waals surface area contributed by atoms with Crippen molar-refractivity contribution in [3.8, 4) is 0 Å². The van der Waals surface area contributed by atoms with E-state index >= 15 is 0 Å². The number of carbonyl (C=O) groups is 1. The molecule has 1 fully saturated rings. The molecule has 1 unspecified atom stereocenters. The summed E-state index contributed by atoms with van der Waals surface area (Å²) >= 11 is 0. The summed E-state index contributed by atoms with van der Waals surface area (Å²) < 4.78 is 25.8. The van der Waals surface area contributed by atoms with Crippen LogP contribution in [0.3, 0.4) is 0 Å². The third-order valence-electron chi connectivity index (χ3n) is 4.49. The zero-order valence-electron chi connectivity index (χ0n) is 12.2. The Labute approximate surface area is 125 Å². The number of Topliss-reactive ketones (excluding diaryl/α,β-unsaturated/α-hetero) is 1. The predicted octanol–water partition coefficient (Wildman–Crippen LogP) is 1.99. The molecule has 5 heteroatoms. The summed E-state index contributed by atoms with van der Waals surface area (Å²) in [5, 5.41) is 2.34. The number of carbonyl (C=O) groups excluding carboxylic acids is 1. The van der Waals surface area contributed by atoms with E-state index in [-0.39, 0.29) is 11.7 Å². The van der Waals surface area contributed by atoms with E-state index in [1.165, 1.54) is 0 Å². The second-order valence-electron chi connectivity index (χ2n) is 5.89. The zero-order valence-corrected chi connectivity index (χ0v) is 13.0. The largest absolute Gasteiger partial charge is 0.297 e. The Balaban J connectivity index is 2.06. The highest BCUT2D eigenvalue weighted by Gasteiger charge is 2.42. The Hall–Kier alpha value is -1.46. The average molecular weight is 305 g/mol. The van der Waals surface area contributed by atoms with Gasteiger partial charge in [0.2, 0.25) is 0 Å². The molecule has 1 N–H and O–H groups in total. The van der Waals surface area contributed by atoms with E-state index in [1.54, 1.807) is 31.2 Å². The minimum absolute atomic E-state index is 0.0859. The lowest BCUT2D eigenvalue weighted by Gasteiger charge is -2.30. The fourth-order valence-electron chi connectivity index (χ4n) is 3.26. The van der Waals surface area contributed by atoms with Crippen LogP contribution in [0.2, 0.25) is 0 Å². The van der Waals surface area contributed by atoms with E-state index in [0.717, 1.165) is 17.6 Å². The minimum Gasteiger partial charge on any atom is -0.297 e. The van der Waals surface area contributed by atoms with Crippen molar-refractivity contribution in [1.29, 1.82) is 0 Å². The van der Waals surface area contributed by atoms with E-state index in [4.69, 9.17) is 0 Å². The van der Waals surface area contributed by atoms with Crippen molar-refractivity contribution in [3.05, 3.63) is 41.0 Å². The van der Waals surface area contributed by atoms with Crippen LogP contribution in [0.5, 0.6) is 0 Å². The van der Waals surface area contributed by atoms with E-state index in [1.807, 2.05) is 6.92 Å². The molecular weight excluding hydrogens is 286 g/mol. The molecule has 1 saturated heterocycles. The van der Waals surface area contributed by atoms with Gasteiger partial charge in [-0.3, -0.25) is 10.1 Å². The van der Waals surface area contributed by atoms with Crippen molar-refractivity contribution in [3.63, 3.8) is 0 Å². The molecule has 1 aromatic carbocycles. The lowest BCUT2D eigenvalue weighted by atomic mass is 9.93. The number of ketones is 1. The van der Waals surface area contributed by atoms with Gasteiger partial charge in [-0.25, -0.2) is 8.42 Å². The molecule has 2 atom stereocenters. The van der Waals surface area contributed by atoms with E-state index in [9.17, 15) is 13.2 Å². The molecule has 2 aliphatic rings. The molecule has 0 radical (unpaired) electrons. The van der Waals surface area contributed by atoms with Gasteiger partial charge >= 0.3 is 0 Å². The van der Waals surface area contributed by atoms with Crippen LogP contribution in [0, 0.1) is 12.8 Å². The molecule has 21 heavy (non-hydrogen) atoms. The van der Waals surface area contributed by atoms with Crippen molar-refractivity contribution in [2.24, 2.45) is 5.92 Å². The van der Waals surface area contributed by atoms with Gasteiger partial charge in [0.05, 0.1) is 4.90 Å². The van der Waals surface area contributed by atoms with Crippen LogP contribution < -0.4 is 5.32 Å². The van der Waals surface area contributed by atoms with Gasteiger partial charge in [0.25, 0.3) is 0 Å². The molecule has 0 aromatic heterocycles. The number of sulfone groups is 1. The first-order valence-electron chi connectivity index (χ1n) is 7.19. The van der Waals surface area contributed by atoms with E-state index in [0.29, 0.717) is 23.4 Å². The molecular formula is C16H19NO3S. The summed E-state index contributed by atoms with van der Waals surface area (Å²) in [4.78, 5) is 12.2. The van der Waals surface area contributed by atoms with Gasteiger partial charge in [-0.15, -0.1) is 0 Å².